The Bertz CT molecular complexity index is 1040. The molecule has 0 aromatic rings. The Morgan fingerprint density at radius 1 is 0.571 bits per heavy atom. The van der Waals surface area contributed by atoms with Crippen molar-refractivity contribution in [2.75, 3.05) is 26.4 Å². The summed E-state index contributed by atoms with van der Waals surface area (Å²) in [4.78, 5) is 33.6. The van der Waals surface area contributed by atoms with Crippen molar-refractivity contribution in [2.45, 2.75) is 212 Å². The predicted molar refractivity (Wildman–Crippen MR) is 231 cm³/mol. The van der Waals surface area contributed by atoms with E-state index < -0.39 is 45.1 Å². The molecular weight excluding hydrogens is 729 g/mol. The number of allylic oxidation sites excluding steroid dienone is 6. The van der Waals surface area contributed by atoms with E-state index in [0.717, 1.165) is 57.8 Å². The number of esters is 1. The summed E-state index contributed by atoms with van der Waals surface area (Å²) in [6, 6.07) is -1.48. The molecule has 0 aliphatic rings. The highest BCUT2D eigenvalue weighted by atomic mass is 31.2. The lowest BCUT2D eigenvalue weighted by atomic mass is 10.1. The number of phosphoric ester groups is 1. The summed E-state index contributed by atoms with van der Waals surface area (Å²) in [5.74, 6) is -1.79. The molecule has 4 N–H and O–H groups in total. The van der Waals surface area contributed by atoms with Gasteiger partial charge in [0.15, 0.2) is 0 Å². The SMILES string of the molecule is CCCCC/C=C\C/C=C\CCCCCCCCCC(=O)OC(COCCCCCCCC/C=C\CCCCCCCCC)COP(=O)(O)OCC(N)C(=O)O. The van der Waals surface area contributed by atoms with Crippen LogP contribution in [0.4, 0.5) is 0 Å². The second kappa shape index (κ2) is 41.4. The molecule has 0 fully saturated rings. The monoisotopic (exact) mass is 814 g/mol. The first kappa shape index (κ1) is 54.2. The number of hydrogen-bond acceptors (Lipinski definition) is 8. The molecular formula is C45H84NO9P. The van der Waals surface area contributed by atoms with Crippen LogP contribution in [0.5, 0.6) is 0 Å². The minimum absolute atomic E-state index is 0.0104. The van der Waals surface area contributed by atoms with Gasteiger partial charge in [-0.15, -0.1) is 0 Å². The van der Waals surface area contributed by atoms with Crippen LogP contribution in [0.25, 0.3) is 0 Å². The number of phosphoric acid groups is 1. The van der Waals surface area contributed by atoms with Crippen molar-refractivity contribution in [2.24, 2.45) is 5.73 Å². The average molecular weight is 814 g/mol. The lowest BCUT2D eigenvalue weighted by Crippen LogP contribution is -2.34. The molecule has 0 saturated heterocycles. The zero-order valence-electron chi connectivity index (χ0n) is 35.7. The Hall–Kier alpha value is -1.81. The number of carbonyl (C=O) groups is 2. The molecule has 0 aromatic heterocycles. The number of nitrogens with two attached hydrogens (primary N) is 1. The largest absolute Gasteiger partial charge is 0.480 e. The molecule has 56 heavy (non-hydrogen) atoms. The number of ether oxygens (including phenoxy) is 2. The fraction of sp³-hybridized carbons (Fsp3) is 0.822. The second-order valence-corrected chi connectivity index (χ2v) is 16.6. The second-order valence-electron chi connectivity index (χ2n) is 15.2. The fourth-order valence-electron chi connectivity index (χ4n) is 6.10. The highest BCUT2D eigenvalue weighted by Crippen LogP contribution is 2.43. The fourth-order valence-corrected chi connectivity index (χ4v) is 6.88. The maximum absolute atomic E-state index is 12.6. The summed E-state index contributed by atoms with van der Waals surface area (Å²) in [5, 5.41) is 8.90. The first-order chi connectivity index (χ1) is 27.2. The molecule has 0 aromatic carbocycles. The maximum Gasteiger partial charge on any atom is 0.472 e. The quantitative estimate of drug-likeness (QED) is 0.0234. The summed E-state index contributed by atoms with van der Waals surface area (Å²) in [6.45, 7) is 3.84. The lowest BCUT2D eigenvalue weighted by Gasteiger charge is -2.20. The van der Waals surface area contributed by atoms with Crippen molar-refractivity contribution < 1.29 is 42.7 Å². The molecule has 0 aliphatic heterocycles. The van der Waals surface area contributed by atoms with Crippen LogP contribution in [0.1, 0.15) is 200 Å². The highest BCUT2D eigenvalue weighted by Gasteiger charge is 2.27. The van der Waals surface area contributed by atoms with Crippen LogP contribution in [0.15, 0.2) is 36.5 Å². The highest BCUT2D eigenvalue weighted by molar-refractivity contribution is 7.47. The normalized spacial score (nSPS) is 14.2. The van der Waals surface area contributed by atoms with Gasteiger partial charge in [0, 0.05) is 13.0 Å². The molecule has 3 unspecified atom stereocenters. The molecule has 0 aliphatic carbocycles. The van der Waals surface area contributed by atoms with Gasteiger partial charge < -0.3 is 25.2 Å². The van der Waals surface area contributed by atoms with Gasteiger partial charge in [0.05, 0.1) is 19.8 Å². The van der Waals surface area contributed by atoms with E-state index in [1.807, 2.05) is 0 Å². The molecule has 0 radical (unpaired) electrons. The van der Waals surface area contributed by atoms with Crippen molar-refractivity contribution in [3.05, 3.63) is 36.5 Å². The first-order valence-electron chi connectivity index (χ1n) is 22.5. The van der Waals surface area contributed by atoms with Crippen molar-refractivity contribution in [3.63, 3.8) is 0 Å². The van der Waals surface area contributed by atoms with Gasteiger partial charge in [0.1, 0.15) is 12.1 Å². The molecule has 328 valence electrons. The summed E-state index contributed by atoms with van der Waals surface area (Å²) in [6.07, 6.45) is 46.2. The van der Waals surface area contributed by atoms with Crippen molar-refractivity contribution in [1.82, 2.24) is 0 Å². The van der Waals surface area contributed by atoms with Gasteiger partial charge in [-0.2, -0.15) is 0 Å². The van der Waals surface area contributed by atoms with E-state index >= 15 is 0 Å². The smallest absolute Gasteiger partial charge is 0.472 e. The lowest BCUT2D eigenvalue weighted by molar-refractivity contribution is -0.154. The number of carboxylic acid groups (broad SMARTS) is 1. The number of unbranched alkanes of at least 4 members (excludes halogenated alkanes) is 23. The van der Waals surface area contributed by atoms with Crippen molar-refractivity contribution in [3.8, 4) is 0 Å². The molecule has 0 amide bonds. The van der Waals surface area contributed by atoms with Crippen LogP contribution >= 0.6 is 7.82 Å². The Morgan fingerprint density at radius 3 is 1.50 bits per heavy atom. The Balaban J connectivity index is 4.24. The van der Waals surface area contributed by atoms with Crippen LogP contribution in [0.2, 0.25) is 0 Å². The van der Waals surface area contributed by atoms with E-state index in [4.69, 9.17) is 29.4 Å². The molecule has 0 saturated carbocycles. The number of carbonyl (C=O) groups excluding carboxylic acids is 1. The first-order valence-corrected chi connectivity index (χ1v) is 24.0. The Morgan fingerprint density at radius 2 is 0.982 bits per heavy atom. The van der Waals surface area contributed by atoms with Crippen molar-refractivity contribution >= 4 is 19.8 Å². The maximum atomic E-state index is 12.6. The topological polar surface area (TPSA) is 155 Å². The summed E-state index contributed by atoms with van der Waals surface area (Å²) >= 11 is 0. The Labute approximate surface area is 342 Å². The molecule has 3 atom stereocenters. The van der Waals surface area contributed by atoms with E-state index in [0.29, 0.717) is 13.0 Å². The standard InChI is InChI=1S/C45H84NO9P/c1-3-5-7-9-11-13-15-17-19-21-23-25-27-29-31-33-35-37-44(47)55-42(40-53-56(50,51)54-41-43(46)45(48)49)39-52-38-36-34-32-30-28-26-24-22-20-18-16-14-12-10-8-6-4-2/h11,13,17,19-20,22,42-43H,3-10,12,14-16,18,21,23-41,46H2,1-2H3,(H,48,49)(H,50,51)/b13-11-,19-17-,22-20-. The third-order valence-electron chi connectivity index (χ3n) is 9.64. The van der Waals surface area contributed by atoms with Gasteiger partial charge >= 0.3 is 19.8 Å². The van der Waals surface area contributed by atoms with Gasteiger partial charge in [-0.05, 0) is 70.6 Å². The number of aliphatic carboxylic acids is 1. The minimum atomic E-state index is -4.62. The number of hydrogen-bond donors (Lipinski definition) is 3. The van der Waals surface area contributed by atoms with Gasteiger partial charge in [-0.25, -0.2) is 4.57 Å². The van der Waals surface area contributed by atoms with Crippen LogP contribution in [0, 0.1) is 0 Å². The van der Waals surface area contributed by atoms with Crippen LogP contribution < -0.4 is 5.73 Å². The molecule has 10 nitrogen and oxygen atoms in total. The van der Waals surface area contributed by atoms with E-state index in [9.17, 15) is 19.0 Å². The summed E-state index contributed by atoms with van der Waals surface area (Å²) < 4.78 is 33.4. The summed E-state index contributed by atoms with van der Waals surface area (Å²) in [5.41, 5.74) is 5.36. The average Bonchev–Trinajstić information content (AvgIpc) is 3.18. The van der Waals surface area contributed by atoms with Gasteiger partial charge in [0.25, 0.3) is 0 Å². The zero-order valence-corrected chi connectivity index (χ0v) is 36.6. The van der Waals surface area contributed by atoms with Gasteiger partial charge in [0.2, 0.25) is 0 Å². The molecule has 0 rings (SSSR count). The van der Waals surface area contributed by atoms with Gasteiger partial charge in [-0.1, -0.05) is 159 Å². The number of rotatable bonds is 43. The van der Waals surface area contributed by atoms with E-state index in [2.05, 4.69) is 50.3 Å². The molecule has 0 spiro atoms. The van der Waals surface area contributed by atoms with Crippen LogP contribution in [0.3, 0.4) is 0 Å². The third-order valence-corrected chi connectivity index (χ3v) is 10.6. The van der Waals surface area contributed by atoms with E-state index in [1.54, 1.807) is 0 Å². The molecule has 0 heterocycles. The molecule has 0 bridgehead atoms. The third kappa shape index (κ3) is 40.4. The zero-order chi connectivity index (χ0) is 41.2. The van der Waals surface area contributed by atoms with Crippen LogP contribution in [-0.4, -0.2) is 60.5 Å². The Kier molecular flexibility index (Phi) is 40.0. The predicted octanol–water partition coefficient (Wildman–Crippen LogP) is 12.5. The van der Waals surface area contributed by atoms with E-state index in [1.165, 1.54) is 116 Å². The van der Waals surface area contributed by atoms with Crippen molar-refractivity contribution in [1.29, 1.82) is 0 Å². The summed E-state index contributed by atoms with van der Waals surface area (Å²) in [7, 11) is -4.62. The number of carboxylic acids is 1. The van der Waals surface area contributed by atoms with Crippen LogP contribution in [-0.2, 0) is 32.7 Å². The van der Waals surface area contributed by atoms with E-state index in [-0.39, 0.29) is 13.0 Å². The van der Waals surface area contributed by atoms with Gasteiger partial charge in [-0.3, -0.25) is 18.6 Å². The molecule has 11 heteroatoms. The minimum Gasteiger partial charge on any atom is -0.480 e.